The topological polar surface area (TPSA) is 63.0 Å². The van der Waals surface area contributed by atoms with E-state index in [1.807, 2.05) is 17.0 Å². The second-order valence-corrected chi connectivity index (χ2v) is 6.69. The first kappa shape index (κ1) is 18.8. The predicted molar refractivity (Wildman–Crippen MR) is 108 cm³/mol. The Morgan fingerprint density at radius 3 is 2.37 bits per heavy atom. The maximum Gasteiger partial charge on any atom is 0.234 e. The van der Waals surface area contributed by atoms with Crippen LogP contribution in [-0.4, -0.2) is 39.3 Å². The van der Waals surface area contributed by atoms with Crippen molar-refractivity contribution >= 4 is 11.8 Å². The van der Waals surface area contributed by atoms with E-state index in [-0.39, 0.29) is 6.04 Å². The molecule has 6 heteroatoms. The Labute approximate surface area is 160 Å². The summed E-state index contributed by atoms with van der Waals surface area (Å²) in [6, 6.07) is 8.39. The number of benzene rings is 1. The van der Waals surface area contributed by atoms with Gasteiger partial charge in [0, 0.05) is 18.4 Å². The number of rotatable bonds is 8. The first-order valence-electron chi connectivity index (χ1n) is 9.20. The van der Waals surface area contributed by atoms with Crippen molar-refractivity contribution in [2.45, 2.75) is 39.7 Å². The number of aromatic nitrogens is 2. The maximum atomic E-state index is 5.90. The summed E-state index contributed by atoms with van der Waals surface area (Å²) < 4.78 is 5.90. The highest BCUT2D eigenvalue weighted by Gasteiger charge is 2.25. The third kappa shape index (κ3) is 4.58. The highest BCUT2D eigenvalue weighted by atomic mass is 16.5. The summed E-state index contributed by atoms with van der Waals surface area (Å²) in [5.74, 6) is 2.10. The van der Waals surface area contributed by atoms with Gasteiger partial charge < -0.3 is 9.64 Å². The lowest BCUT2D eigenvalue weighted by Crippen LogP contribution is -2.40. The van der Waals surface area contributed by atoms with Crippen molar-refractivity contribution in [3.8, 4) is 5.75 Å². The van der Waals surface area contributed by atoms with Crippen molar-refractivity contribution < 1.29 is 4.74 Å². The summed E-state index contributed by atoms with van der Waals surface area (Å²) in [6.45, 7) is 10.9. The molecule has 0 amide bonds. The van der Waals surface area contributed by atoms with Crippen LogP contribution >= 0.6 is 0 Å². The van der Waals surface area contributed by atoms with Gasteiger partial charge in [-0.05, 0) is 38.0 Å². The average molecular weight is 363 g/mol. The van der Waals surface area contributed by atoms with E-state index in [0.29, 0.717) is 18.4 Å². The molecule has 2 aromatic rings. The van der Waals surface area contributed by atoms with Crippen molar-refractivity contribution in [3.05, 3.63) is 66.4 Å². The SMILES string of the molecule is C=C(COc1ccc(CCC)cc1)N(C1=NC(c2cncnc2)=N1)C(C)C. The monoisotopic (exact) mass is 363 g/mol. The molecular formula is C21H25N5O. The van der Waals surface area contributed by atoms with Gasteiger partial charge in [0.1, 0.15) is 18.7 Å². The fourth-order valence-electron chi connectivity index (χ4n) is 2.86. The zero-order valence-electron chi connectivity index (χ0n) is 16.1. The van der Waals surface area contributed by atoms with Crippen molar-refractivity contribution in [2.75, 3.05) is 6.61 Å². The summed E-state index contributed by atoms with van der Waals surface area (Å²) in [7, 11) is 0. The minimum atomic E-state index is 0.170. The van der Waals surface area contributed by atoms with E-state index in [4.69, 9.17) is 4.74 Å². The van der Waals surface area contributed by atoms with Gasteiger partial charge in [-0.15, -0.1) is 0 Å². The van der Waals surface area contributed by atoms with Gasteiger partial charge in [-0.3, -0.25) is 0 Å². The molecule has 1 aliphatic heterocycles. The minimum absolute atomic E-state index is 0.170. The number of nitrogens with zero attached hydrogens (tertiary/aromatic N) is 5. The number of amidine groups is 1. The molecule has 0 radical (unpaired) electrons. The molecule has 0 atom stereocenters. The number of aliphatic imine (C=N–C) groups is 2. The van der Waals surface area contributed by atoms with Crippen molar-refractivity contribution in [1.82, 2.24) is 14.9 Å². The minimum Gasteiger partial charge on any atom is -0.487 e. The Kier molecular flexibility index (Phi) is 5.96. The van der Waals surface area contributed by atoms with Crippen LogP contribution in [0.2, 0.25) is 0 Å². The molecule has 0 spiro atoms. The van der Waals surface area contributed by atoms with Crippen LogP contribution in [0.1, 0.15) is 38.3 Å². The summed E-state index contributed by atoms with van der Waals surface area (Å²) in [4.78, 5) is 19.0. The van der Waals surface area contributed by atoms with Gasteiger partial charge in [0.25, 0.3) is 0 Å². The van der Waals surface area contributed by atoms with Gasteiger partial charge >= 0.3 is 0 Å². The molecule has 6 nitrogen and oxygen atoms in total. The smallest absolute Gasteiger partial charge is 0.234 e. The third-order valence-electron chi connectivity index (χ3n) is 4.17. The van der Waals surface area contributed by atoms with Crippen molar-refractivity contribution in [3.63, 3.8) is 0 Å². The van der Waals surface area contributed by atoms with Crippen LogP contribution in [0.5, 0.6) is 5.75 Å². The summed E-state index contributed by atoms with van der Waals surface area (Å²) in [6.07, 6.45) is 7.11. The number of hydrogen-bond donors (Lipinski definition) is 0. The van der Waals surface area contributed by atoms with E-state index in [1.165, 1.54) is 11.9 Å². The standard InChI is InChI=1S/C21H25N5O/c1-5-6-17-7-9-19(10-8-17)27-13-16(4)26(15(2)3)21-24-20(25-21)18-11-22-14-23-12-18/h7-12,14-15H,4-6,13H2,1-3H3. The number of guanidine groups is 1. The van der Waals surface area contributed by atoms with Crippen LogP contribution in [0.3, 0.4) is 0 Å². The molecule has 1 aromatic heterocycles. The van der Waals surface area contributed by atoms with E-state index >= 15 is 0 Å². The molecule has 0 saturated carbocycles. The Hall–Kier alpha value is -3.02. The number of aryl methyl sites for hydroxylation is 1. The zero-order valence-corrected chi connectivity index (χ0v) is 16.1. The first-order chi connectivity index (χ1) is 13.1. The fourth-order valence-corrected chi connectivity index (χ4v) is 2.86. The largest absolute Gasteiger partial charge is 0.487 e. The molecule has 0 fully saturated rings. The first-order valence-corrected chi connectivity index (χ1v) is 9.20. The summed E-state index contributed by atoms with van der Waals surface area (Å²) in [5.41, 5.74) is 2.94. The predicted octanol–water partition coefficient (Wildman–Crippen LogP) is 3.85. The van der Waals surface area contributed by atoms with Crippen molar-refractivity contribution in [2.24, 2.45) is 9.98 Å². The van der Waals surface area contributed by atoms with Gasteiger partial charge in [-0.2, -0.15) is 9.98 Å². The van der Waals surface area contributed by atoms with Gasteiger partial charge in [0.2, 0.25) is 5.96 Å². The molecule has 1 aliphatic rings. The Bertz CT molecular complexity index is 841. The molecule has 1 aromatic carbocycles. The van der Waals surface area contributed by atoms with Crippen LogP contribution in [0.4, 0.5) is 0 Å². The second kappa shape index (κ2) is 8.58. The van der Waals surface area contributed by atoms with E-state index < -0.39 is 0 Å². The normalized spacial score (nSPS) is 12.9. The average Bonchev–Trinajstić information content (AvgIpc) is 2.64. The number of ether oxygens (including phenoxy) is 1. The van der Waals surface area contributed by atoms with E-state index in [1.54, 1.807) is 12.4 Å². The second-order valence-electron chi connectivity index (χ2n) is 6.69. The molecule has 27 heavy (non-hydrogen) atoms. The van der Waals surface area contributed by atoms with Crippen LogP contribution in [0.25, 0.3) is 0 Å². The highest BCUT2D eigenvalue weighted by molar-refractivity contribution is 6.17. The van der Waals surface area contributed by atoms with Gasteiger partial charge in [-0.1, -0.05) is 32.1 Å². The molecule has 0 N–H and O–H groups in total. The fraction of sp³-hybridized carbons (Fsp3) is 0.333. The molecule has 140 valence electrons. The lowest BCUT2D eigenvalue weighted by Gasteiger charge is -2.32. The lowest BCUT2D eigenvalue weighted by atomic mass is 10.1. The van der Waals surface area contributed by atoms with Gasteiger partial charge in [0.05, 0.1) is 11.3 Å². The Balaban J connectivity index is 1.60. The highest BCUT2D eigenvalue weighted by Crippen LogP contribution is 2.19. The molecule has 0 saturated heterocycles. The van der Waals surface area contributed by atoms with Crippen LogP contribution in [0.15, 0.2) is 65.2 Å². The molecule has 2 heterocycles. The Morgan fingerprint density at radius 1 is 1.11 bits per heavy atom. The molecule has 0 aliphatic carbocycles. The number of hydrogen-bond acceptors (Lipinski definition) is 6. The van der Waals surface area contributed by atoms with Crippen LogP contribution in [0, 0.1) is 0 Å². The van der Waals surface area contributed by atoms with E-state index in [9.17, 15) is 0 Å². The quantitative estimate of drug-likeness (QED) is 0.715. The molecule has 0 bridgehead atoms. The van der Waals surface area contributed by atoms with Crippen LogP contribution in [-0.2, 0) is 6.42 Å². The van der Waals surface area contributed by atoms with Crippen molar-refractivity contribution in [1.29, 1.82) is 0 Å². The molecule has 0 unspecified atom stereocenters. The van der Waals surface area contributed by atoms with E-state index in [0.717, 1.165) is 29.9 Å². The Morgan fingerprint density at radius 2 is 1.78 bits per heavy atom. The van der Waals surface area contributed by atoms with Gasteiger partial charge in [0.15, 0.2) is 5.84 Å². The summed E-state index contributed by atoms with van der Waals surface area (Å²) >= 11 is 0. The van der Waals surface area contributed by atoms with E-state index in [2.05, 4.69) is 59.4 Å². The molecule has 3 rings (SSSR count). The van der Waals surface area contributed by atoms with Crippen LogP contribution < -0.4 is 4.74 Å². The summed E-state index contributed by atoms with van der Waals surface area (Å²) in [5, 5.41) is 0. The zero-order chi connectivity index (χ0) is 19.2. The lowest BCUT2D eigenvalue weighted by molar-refractivity contribution is 0.297. The molecular weight excluding hydrogens is 338 g/mol. The van der Waals surface area contributed by atoms with Gasteiger partial charge in [-0.25, -0.2) is 9.97 Å². The third-order valence-corrected chi connectivity index (χ3v) is 4.17. The maximum absolute atomic E-state index is 5.90.